The number of ketones is 3. The fourth-order valence-corrected chi connectivity index (χ4v) is 6.42. The zero-order valence-electron chi connectivity index (χ0n) is 36.1. The van der Waals surface area contributed by atoms with E-state index in [2.05, 4.69) is 92.5 Å². The van der Waals surface area contributed by atoms with Crippen LogP contribution in [0.5, 0.6) is 0 Å². The maximum atomic E-state index is 11.1. The third kappa shape index (κ3) is 25.6. The minimum absolute atomic E-state index is 0.0339. The average Bonchev–Trinajstić information content (AvgIpc) is 3.22. The second-order valence-corrected chi connectivity index (χ2v) is 14.9. The van der Waals surface area contributed by atoms with Crippen molar-refractivity contribution in [2.45, 2.75) is 135 Å². The molecule has 0 amide bonds. The second-order valence-electron chi connectivity index (χ2n) is 14.9. The molecule has 0 aliphatic rings. The van der Waals surface area contributed by atoms with E-state index in [0.717, 1.165) is 68.9 Å². The Kier molecular flexibility index (Phi) is 28.3. The molecule has 3 unspecified atom stereocenters. The smallest absolute Gasteiger partial charge is 0.132 e. The highest BCUT2D eigenvalue weighted by Crippen LogP contribution is 2.16. The van der Waals surface area contributed by atoms with Crippen LogP contribution in [0.3, 0.4) is 0 Å². The summed E-state index contributed by atoms with van der Waals surface area (Å²) in [5, 5.41) is 0. The molecule has 3 aromatic rings. The van der Waals surface area contributed by atoms with Crippen LogP contribution in [-0.2, 0) is 47.9 Å². The Hall–Kier alpha value is -4.23. The van der Waals surface area contributed by atoms with E-state index in [1.54, 1.807) is 42.1 Å². The van der Waals surface area contributed by atoms with Gasteiger partial charge in [0.05, 0.1) is 18.3 Å². The molecule has 6 nitrogen and oxygen atoms in total. The molecule has 0 saturated heterocycles. The summed E-state index contributed by atoms with van der Waals surface area (Å²) in [7, 11) is 5.04. The van der Waals surface area contributed by atoms with Crippen LogP contribution >= 0.6 is 0 Å². The van der Waals surface area contributed by atoms with E-state index in [9.17, 15) is 14.4 Å². The van der Waals surface area contributed by atoms with Gasteiger partial charge in [0, 0.05) is 40.6 Å². The van der Waals surface area contributed by atoms with Gasteiger partial charge in [-0.15, -0.1) is 0 Å². The number of unbranched alkanes of at least 4 members (excludes halogenated alkanes) is 4. The molecule has 0 radical (unpaired) electrons. The van der Waals surface area contributed by atoms with Crippen LogP contribution in [0.1, 0.15) is 131 Å². The Morgan fingerprint density at radius 1 is 0.439 bits per heavy atom. The summed E-state index contributed by atoms with van der Waals surface area (Å²) >= 11 is 0. The lowest BCUT2D eigenvalue weighted by atomic mass is 10.0. The van der Waals surface area contributed by atoms with Gasteiger partial charge in [0.1, 0.15) is 17.3 Å². The molecule has 0 aliphatic heterocycles. The molecule has 0 spiro atoms. The Morgan fingerprint density at radius 2 is 0.719 bits per heavy atom. The molecule has 0 aromatic heterocycles. The molecular formula is C51H72O6. The summed E-state index contributed by atoms with van der Waals surface area (Å²) in [6.45, 7) is 16.1. The molecule has 0 N–H and O–H groups in total. The first-order valence-electron chi connectivity index (χ1n) is 20.7. The van der Waals surface area contributed by atoms with Gasteiger partial charge in [0.25, 0.3) is 0 Å². The van der Waals surface area contributed by atoms with E-state index in [4.69, 9.17) is 14.2 Å². The molecule has 3 aromatic carbocycles. The number of methoxy groups -OCH3 is 3. The first-order chi connectivity index (χ1) is 27.5. The van der Waals surface area contributed by atoms with Crippen molar-refractivity contribution in [3.63, 3.8) is 0 Å². The van der Waals surface area contributed by atoms with Gasteiger partial charge in [0.15, 0.2) is 0 Å². The van der Waals surface area contributed by atoms with Gasteiger partial charge in [0.2, 0.25) is 0 Å². The monoisotopic (exact) mass is 781 g/mol. The minimum atomic E-state index is 0.0339. The van der Waals surface area contributed by atoms with Gasteiger partial charge in [-0.2, -0.15) is 0 Å². The van der Waals surface area contributed by atoms with Crippen molar-refractivity contribution in [1.29, 1.82) is 0 Å². The molecule has 0 saturated carbocycles. The van der Waals surface area contributed by atoms with Gasteiger partial charge in [-0.3, -0.25) is 14.4 Å². The first-order valence-corrected chi connectivity index (χ1v) is 20.7. The van der Waals surface area contributed by atoms with Crippen LogP contribution in [0.15, 0.2) is 92.5 Å². The highest BCUT2D eigenvalue weighted by molar-refractivity contribution is 5.76. The van der Waals surface area contributed by atoms with Crippen molar-refractivity contribution >= 4 is 35.6 Å². The lowest BCUT2D eigenvalue weighted by Crippen LogP contribution is -2.15. The molecule has 6 heteroatoms. The van der Waals surface area contributed by atoms with Crippen molar-refractivity contribution in [1.82, 2.24) is 0 Å². The van der Waals surface area contributed by atoms with E-state index >= 15 is 0 Å². The number of rotatable bonds is 27. The number of hydrogen-bond acceptors (Lipinski definition) is 6. The van der Waals surface area contributed by atoms with E-state index in [0.29, 0.717) is 19.3 Å². The van der Waals surface area contributed by atoms with Crippen LogP contribution < -0.4 is 0 Å². The van der Waals surface area contributed by atoms with Gasteiger partial charge < -0.3 is 14.2 Å². The maximum absolute atomic E-state index is 11.1. The fraction of sp³-hybridized carbons (Fsp3) is 0.471. The summed E-state index contributed by atoms with van der Waals surface area (Å²) in [6.07, 6.45) is 20.4. The van der Waals surface area contributed by atoms with Crippen LogP contribution in [0, 0.1) is 0 Å². The number of ether oxygens (including phenoxy) is 3. The summed E-state index contributed by atoms with van der Waals surface area (Å²) in [4.78, 5) is 33.1. The average molecular weight is 781 g/mol. The minimum Gasteiger partial charge on any atom is -0.381 e. The van der Waals surface area contributed by atoms with Gasteiger partial charge in [-0.25, -0.2) is 0 Å². The van der Waals surface area contributed by atoms with Crippen molar-refractivity contribution in [2.75, 3.05) is 21.3 Å². The van der Waals surface area contributed by atoms with Crippen LogP contribution in [0.2, 0.25) is 0 Å². The number of aryl methyl sites for hydroxylation is 3. The SMILES string of the molecule is C=Cc1ccc(CCC(CC(C)=O)OC)cc1.C=Cc1ccc(CCCCC(CC(C)=O)OC)cc1.C=Cc1ccc(CCCCCCC(CC(C)=O)OC)cc1. The molecule has 0 heterocycles. The number of benzene rings is 3. The Labute approximate surface area is 345 Å². The van der Waals surface area contributed by atoms with Crippen molar-refractivity contribution in [3.05, 3.63) is 126 Å². The van der Waals surface area contributed by atoms with Crippen molar-refractivity contribution < 1.29 is 28.6 Å². The standard InChI is InChI=1S/C19H28O2.C17H24O2.C15H20O2/c1-4-17-11-13-18(14-12-17)9-7-5-6-8-10-19(21-3)15-16(2)20;1-4-15-9-11-16(12-10-15)7-5-6-8-17(19-3)13-14(2)18;1-4-13-5-7-14(8-6-13)9-10-15(17-3)11-12(2)16/h4,11-14,19H,1,5-10,15H2,2-3H3;4,9-12,17H,1,5-8,13H2,2-3H3;4-8,15H,1,9-11H2,2-3H3. The highest BCUT2D eigenvalue weighted by Gasteiger charge is 2.12. The predicted molar refractivity (Wildman–Crippen MR) is 241 cm³/mol. The fourth-order valence-electron chi connectivity index (χ4n) is 6.42. The first kappa shape index (κ1) is 50.8. The summed E-state index contributed by atoms with van der Waals surface area (Å²) in [5.74, 6) is 0.593. The Balaban J connectivity index is 0.000000430. The molecule has 0 aliphatic carbocycles. The third-order valence-corrected chi connectivity index (χ3v) is 9.93. The maximum Gasteiger partial charge on any atom is 0.132 e. The van der Waals surface area contributed by atoms with Gasteiger partial charge in [-0.1, -0.05) is 136 Å². The zero-order valence-corrected chi connectivity index (χ0v) is 36.1. The molecule has 0 fully saturated rings. The topological polar surface area (TPSA) is 78.9 Å². The number of hydrogen-bond donors (Lipinski definition) is 0. The third-order valence-electron chi connectivity index (χ3n) is 9.93. The summed E-state index contributed by atoms with van der Waals surface area (Å²) in [6, 6.07) is 25.4. The number of Topliss-reactive ketones (excluding diaryl/α,β-unsaturated/α-hetero) is 3. The quantitative estimate of drug-likeness (QED) is 0.0717. The number of carbonyl (C=O) groups excluding carboxylic acids is 3. The lowest BCUT2D eigenvalue weighted by molar-refractivity contribution is -0.120. The van der Waals surface area contributed by atoms with Crippen molar-refractivity contribution in [3.8, 4) is 0 Å². The van der Waals surface area contributed by atoms with E-state index in [-0.39, 0.29) is 35.7 Å². The second kappa shape index (κ2) is 31.8. The van der Waals surface area contributed by atoms with Crippen LogP contribution in [0.25, 0.3) is 18.2 Å². The van der Waals surface area contributed by atoms with Crippen LogP contribution in [-0.4, -0.2) is 57.0 Å². The van der Waals surface area contributed by atoms with E-state index < -0.39 is 0 Å². The largest absolute Gasteiger partial charge is 0.381 e. The van der Waals surface area contributed by atoms with Gasteiger partial charge >= 0.3 is 0 Å². The predicted octanol–water partition coefficient (Wildman–Crippen LogP) is 12.1. The lowest BCUT2D eigenvalue weighted by Gasteiger charge is -2.13. The van der Waals surface area contributed by atoms with Crippen molar-refractivity contribution in [2.24, 2.45) is 0 Å². The Bertz CT molecular complexity index is 1550. The molecule has 57 heavy (non-hydrogen) atoms. The molecular weight excluding hydrogens is 709 g/mol. The summed E-state index contributed by atoms with van der Waals surface area (Å²) in [5.41, 5.74) is 7.47. The van der Waals surface area contributed by atoms with Crippen LogP contribution in [0.4, 0.5) is 0 Å². The normalized spacial score (nSPS) is 12.1. The molecule has 0 bridgehead atoms. The molecule has 3 atom stereocenters. The van der Waals surface area contributed by atoms with E-state index in [1.807, 2.05) is 18.2 Å². The summed E-state index contributed by atoms with van der Waals surface area (Å²) < 4.78 is 15.9. The Morgan fingerprint density at radius 3 is 1.04 bits per heavy atom. The number of carbonyl (C=O) groups is 3. The van der Waals surface area contributed by atoms with E-state index in [1.165, 1.54) is 41.5 Å². The highest BCUT2D eigenvalue weighted by atomic mass is 16.5. The molecule has 3 rings (SSSR count). The zero-order chi connectivity index (χ0) is 42.3. The van der Waals surface area contributed by atoms with Gasteiger partial charge in [-0.05, 0) is 106 Å². The molecule has 312 valence electrons.